The lowest BCUT2D eigenvalue weighted by atomic mass is 10.1. The van der Waals surface area contributed by atoms with Crippen LogP contribution in [0.15, 0.2) is 79.0 Å². The van der Waals surface area contributed by atoms with Gasteiger partial charge in [0.05, 0.1) is 16.3 Å². The van der Waals surface area contributed by atoms with E-state index in [2.05, 4.69) is 10.4 Å². The summed E-state index contributed by atoms with van der Waals surface area (Å²) in [5.41, 5.74) is 2.34. The second kappa shape index (κ2) is 8.68. The summed E-state index contributed by atoms with van der Waals surface area (Å²) < 4.78 is 15.0. The summed E-state index contributed by atoms with van der Waals surface area (Å²) in [5, 5.41) is 27.9. The highest BCUT2D eigenvalue weighted by molar-refractivity contribution is 5.95. The number of para-hydroxylation sites is 1. The number of carbonyl (C=O) groups excluding carboxylic acids is 1. The van der Waals surface area contributed by atoms with Gasteiger partial charge in [-0.05, 0) is 48.5 Å². The van der Waals surface area contributed by atoms with Gasteiger partial charge in [-0.2, -0.15) is 5.10 Å². The minimum Gasteiger partial charge on any atom is -0.502 e. The van der Waals surface area contributed by atoms with E-state index in [-0.39, 0.29) is 17.9 Å². The molecule has 4 rings (SSSR count). The number of nitrogens with zero attached hydrogens (tertiary/aromatic N) is 3. The predicted molar refractivity (Wildman–Crippen MR) is 115 cm³/mol. The molecule has 0 aliphatic carbocycles. The summed E-state index contributed by atoms with van der Waals surface area (Å²) in [6.07, 6.45) is 1.77. The van der Waals surface area contributed by atoms with Crippen LogP contribution in [0.3, 0.4) is 0 Å². The molecule has 2 N–H and O–H groups in total. The lowest BCUT2D eigenvalue weighted by Gasteiger charge is -2.06. The summed E-state index contributed by atoms with van der Waals surface area (Å²) in [7, 11) is 0. The van der Waals surface area contributed by atoms with E-state index in [1.165, 1.54) is 18.2 Å². The average molecular weight is 432 g/mol. The van der Waals surface area contributed by atoms with Crippen molar-refractivity contribution in [1.82, 2.24) is 15.1 Å². The highest BCUT2D eigenvalue weighted by Gasteiger charge is 2.17. The summed E-state index contributed by atoms with van der Waals surface area (Å²) in [6, 6.07) is 18.6. The van der Waals surface area contributed by atoms with Gasteiger partial charge in [0.25, 0.3) is 5.91 Å². The van der Waals surface area contributed by atoms with Crippen LogP contribution in [0.1, 0.15) is 15.9 Å². The summed E-state index contributed by atoms with van der Waals surface area (Å²) in [6.45, 7) is 0.0934. The van der Waals surface area contributed by atoms with Crippen molar-refractivity contribution in [2.45, 2.75) is 6.54 Å². The van der Waals surface area contributed by atoms with E-state index in [1.54, 1.807) is 23.0 Å². The number of rotatable bonds is 6. The van der Waals surface area contributed by atoms with Gasteiger partial charge < -0.3 is 10.4 Å². The highest BCUT2D eigenvalue weighted by atomic mass is 19.1. The van der Waals surface area contributed by atoms with Crippen LogP contribution in [0, 0.1) is 15.9 Å². The van der Waals surface area contributed by atoms with Gasteiger partial charge in [-0.1, -0.05) is 18.2 Å². The van der Waals surface area contributed by atoms with Gasteiger partial charge in [0.1, 0.15) is 5.82 Å². The molecule has 0 aliphatic heterocycles. The van der Waals surface area contributed by atoms with E-state index in [0.29, 0.717) is 16.8 Å². The number of halogens is 1. The molecule has 4 aromatic rings. The smallest absolute Gasteiger partial charge is 0.310 e. The van der Waals surface area contributed by atoms with Crippen LogP contribution in [-0.4, -0.2) is 25.7 Å². The number of benzene rings is 3. The van der Waals surface area contributed by atoms with Crippen LogP contribution in [0.25, 0.3) is 16.9 Å². The Morgan fingerprint density at radius 2 is 1.81 bits per heavy atom. The first-order valence-corrected chi connectivity index (χ1v) is 9.58. The first kappa shape index (κ1) is 20.7. The fraction of sp³-hybridized carbons (Fsp3) is 0.0435. The van der Waals surface area contributed by atoms with Crippen LogP contribution in [0.5, 0.6) is 5.75 Å². The Balaban J connectivity index is 1.61. The van der Waals surface area contributed by atoms with Crippen LogP contribution >= 0.6 is 0 Å². The largest absolute Gasteiger partial charge is 0.502 e. The molecule has 0 fully saturated rings. The molecule has 32 heavy (non-hydrogen) atoms. The third kappa shape index (κ3) is 4.31. The summed E-state index contributed by atoms with van der Waals surface area (Å²) in [4.78, 5) is 22.7. The Labute approximate surface area is 181 Å². The number of hydrogen-bond donors (Lipinski definition) is 2. The molecule has 0 atom stereocenters. The number of nitrogens with one attached hydrogen (secondary N) is 1. The molecule has 0 saturated heterocycles. The Morgan fingerprint density at radius 1 is 1.09 bits per heavy atom. The zero-order valence-corrected chi connectivity index (χ0v) is 16.6. The molecule has 0 saturated carbocycles. The molecule has 0 spiro atoms. The van der Waals surface area contributed by atoms with Crippen molar-refractivity contribution >= 4 is 11.6 Å². The minimum atomic E-state index is -0.732. The van der Waals surface area contributed by atoms with Crippen LogP contribution < -0.4 is 5.32 Å². The van der Waals surface area contributed by atoms with Gasteiger partial charge in [0.15, 0.2) is 5.75 Å². The van der Waals surface area contributed by atoms with Crippen molar-refractivity contribution in [2.24, 2.45) is 0 Å². The number of hydrogen-bond acceptors (Lipinski definition) is 5. The average Bonchev–Trinajstić information content (AvgIpc) is 3.22. The van der Waals surface area contributed by atoms with Gasteiger partial charge in [-0.25, -0.2) is 9.07 Å². The molecule has 0 bridgehead atoms. The normalized spacial score (nSPS) is 10.7. The number of nitro benzene ring substituents is 1. The van der Waals surface area contributed by atoms with Crippen molar-refractivity contribution in [3.05, 3.63) is 106 Å². The number of aromatic hydroxyl groups is 1. The molecule has 9 heteroatoms. The minimum absolute atomic E-state index is 0.0758. The fourth-order valence-electron chi connectivity index (χ4n) is 3.20. The lowest BCUT2D eigenvalue weighted by molar-refractivity contribution is -0.385. The van der Waals surface area contributed by atoms with Gasteiger partial charge >= 0.3 is 5.69 Å². The van der Waals surface area contributed by atoms with Crippen molar-refractivity contribution < 1.29 is 19.2 Å². The van der Waals surface area contributed by atoms with Crippen molar-refractivity contribution in [3.8, 4) is 22.7 Å². The molecule has 0 unspecified atom stereocenters. The van der Waals surface area contributed by atoms with E-state index >= 15 is 0 Å². The zero-order chi connectivity index (χ0) is 22.7. The second-order valence-electron chi connectivity index (χ2n) is 6.93. The standard InChI is InChI=1S/C23H17FN4O4/c24-18-9-6-15(7-10-18)22-17(14-27(26-22)19-4-2-1-3-5-19)13-25-23(30)16-8-11-20(28(31)32)21(29)12-16/h1-12,14,29H,13H2,(H,25,30). The topological polar surface area (TPSA) is 110 Å². The monoisotopic (exact) mass is 432 g/mol. The van der Waals surface area contributed by atoms with Crippen LogP contribution in [0.4, 0.5) is 10.1 Å². The maximum atomic E-state index is 13.4. The zero-order valence-electron chi connectivity index (χ0n) is 16.6. The van der Waals surface area contributed by atoms with Gasteiger partial charge in [-0.15, -0.1) is 0 Å². The van der Waals surface area contributed by atoms with E-state index in [1.807, 2.05) is 30.3 Å². The molecular weight excluding hydrogens is 415 g/mol. The highest BCUT2D eigenvalue weighted by Crippen LogP contribution is 2.27. The summed E-state index contributed by atoms with van der Waals surface area (Å²) in [5.74, 6) is -1.48. The van der Waals surface area contributed by atoms with Gasteiger partial charge in [0.2, 0.25) is 0 Å². The summed E-state index contributed by atoms with van der Waals surface area (Å²) >= 11 is 0. The lowest BCUT2D eigenvalue weighted by Crippen LogP contribution is -2.22. The molecule has 1 amide bonds. The first-order valence-electron chi connectivity index (χ1n) is 9.58. The Kier molecular flexibility index (Phi) is 5.63. The SMILES string of the molecule is O=C(NCc1cn(-c2ccccc2)nc1-c1ccc(F)cc1)c1ccc([N+](=O)[O-])c(O)c1. The second-order valence-corrected chi connectivity index (χ2v) is 6.93. The number of aromatic nitrogens is 2. The quantitative estimate of drug-likeness (QED) is 0.350. The predicted octanol–water partition coefficient (Wildman–Crippen LogP) is 4.22. The third-order valence-corrected chi connectivity index (χ3v) is 4.80. The van der Waals surface area contributed by atoms with Crippen LogP contribution in [-0.2, 0) is 6.54 Å². The molecule has 0 aliphatic rings. The van der Waals surface area contributed by atoms with E-state index in [4.69, 9.17) is 0 Å². The Bertz CT molecular complexity index is 1290. The molecule has 0 radical (unpaired) electrons. The maximum Gasteiger partial charge on any atom is 0.310 e. The maximum absolute atomic E-state index is 13.4. The number of phenolic OH excluding ortho intramolecular Hbond substituents is 1. The first-order chi connectivity index (χ1) is 15.4. The van der Waals surface area contributed by atoms with E-state index in [0.717, 1.165) is 17.8 Å². The number of amides is 1. The van der Waals surface area contributed by atoms with Crippen molar-refractivity contribution in [1.29, 1.82) is 0 Å². The Morgan fingerprint density at radius 3 is 2.47 bits per heavy atom. The number of carbonyl (C=O) groups is 1. The Hall–Kier alpha value is -4.53. The molecule has 160 valence electrons. The van der Waals surface area contributed by atoms with E-state index in [9.17, 15) is 24.4 Å². The molecule has 8 nitrogen and oxygen atoms in total. The van der Waals surface area contributed by atoms with Crippen molar-refractivity contribution in [2.75, 3.05) is 0 Å². The molecule has 3 aromatic carbocycles. The molecule has 1 aromatic heterocycles. The third-order valence-electron chi connectivity index (χ3n) is 4.80. The van der Waals surface area contributed by atoms with Gasteiger partial charge in [0, 0.05) is 35.5 Å². The van der Waals surface area contributed by atoms with E-state index < -0.39 is 22.3 Å². The number of phenols is 1. The van der Waals surface area contributed by atoms with Crippen molar-refractivity contribution in [3.63, 3.8) is 0 Å². The van der Waals surface area contributed by atoms with Gasteiger partial charge in [-0.3, -0.25) is 14.9 Å². The number of nitro groups is 1. The molecule has 1 heterocycles. The molecular formula is C23H17FN4O4. The fourth-order valence-corrected chi connectivity index (χ4v) is 3.20. The van der Waals surface area contributed by atoms with Crippen LogP contribution in [0.2, 0.25) is 0 Å².